The van der Waals surface area contributed by atoms with Crippen molar-refractivity contribution in [2.45, 2.75) is 52.4 Å². The lowest BCUT2D eigenvalue weighted by atomic mass is 9.80. The Kier molecular flexibility index (Phi) is 2.49. The highest BCUT2D eigenvalue weighted by Crippen LogP contribution is 2.38. The lowest BCUT2D eigenvalue weighted by Gasteiger charge is -2.26. The average Bonchev–Trinajstić information content (AvgIpc) is 2.13. The number of phenols is 1. The summed E-state index contributed by atoms with van der Waals surface area (Å²) in [6, 6.07) is 6.13. The molecule has 1 aromatic rings. The highest BCUT2D eigenvalue weighted by Gasteiger charge is 2.24. The van der Waals surface area contributed by atoms with Crippen LogP contribution in [0.3, 0.4) is 0 Å². The van der Waals surface area contributed by atoms with Crippen LogP contribution in [0, 0.1) is 0 Å². The quantitative estimate of drug-likeness (QED) is 0.738. The van der Waals surface area contributed by atoms with Gasteiger partial charge in [0.05, 0.1) is 0 Å². The minimum absolute atomic E-state index is 0.00234. The molecule has 15 heavy (non-hydrogen) atoms. The molecule has 0 radical (unpaired) electrons. The molecule has 0 aromatic heterocycles. The number of aromatic hydroxyl groups is 1. The zero-order valence-electron chi connectivity index (χ0n) is 11.6. The Morgan fingerprint density at radius 2 is 1.33 bits per heavy atom. The number of rotatable bonds is 1. The number of para-hydroxylation sites is 1. The van der Waals surface area contributed by atoms with Crippen molar-refractivity contribution in [2.75, 3.05) is 0 Å². The summed E-state index contributed by atoms with van der Waals surface area (Å²) in [4.78, 5) is 0. The van der Waals surface area contributed by atoms with Crippen molar-refractivity contribution in [3.8, 4) is 5.75 Å². The van der Waals surface area contributed by atoms with Crippen molar-refractivity contribution in [3.63, 3.8) is 0 Å². The lowest BCUT2D eigenvalue weighted by Crippen LogP contribution is -2.16. The third-order valence-electron chi connectivity index (χ3n) is 2.63. The molecule has 0 spiro atoms. The molecule has 0 saturated heterocycles. The van der Waals surface area contributed by atoms with Crippen LogP contribution in [0.1, 0.15) is 52.7 Å². The van der Waals surface area contributed by atoms with E-state index in [1.807, 2.05) is 18.2 Å². The summed E-state index contributed by atoms with van der Waals surface area (Å²) in [6.45, 7) is 12.8. The molecule has 1 aromatic carbocycles. The summed E-state index contributed by atoms with van der Waals surface area (Å²) in [7, 11) is 0. The molecule has 0 aliphatic carbocycles. The Labute approximate surface area is 94.6 Å². The van der Waals surface area contributed by atoms with E-state index < -0.39 is 0 Å². The van der Waals surface area contributed by atoms with Crippen LogP contribution in [0.2, 0.25) is 0 Å². The van der Waals surface area contributed by atoms with Crippen LogP contribution < -0.4 is 0 Å². The number of phenolic OH excluding ortho intramolecular Hbond substituents is 1. The molecule has 0 amide bonds. The number of hydrogen-bond acceptors (Lipinski definition) is 1. The van der Waals surface area contributed by atoms with Gasteiger partial charge in [0.15, 0.2) is 0 Å². The minimum Gasteiger partial charge on any atom is -0.507 e. The molecule has 0 atom stereocenters. The van der Waals surface area contributed by atoms with Crippen LogP contribution in [0.4, 0.5) is 0 Å². The molecule has 0 unspecified atom stereocenters. The smallest absolute Gasteiger partial charge is 0.293 e. The Balaban J connectivity index is 3.45. The largest absolute Gasteiger partial charge is 0.507 e. The van der Waals surface area contributed by atoms with Gasteiger partial charge in [0, 0.05) is 0 Å². The minimum atomic E-state index is -0.00234. The zero-order valence-corrected chi connectivity index (χ0v) is 10.6. The van der Waals surface area contributed by atoms with Gasteiger partial charge in [0.2, 0.25) is 0 Å². The van der Waals surface area contributed by atoms with Crippen LogP contribution in [-0.4, -0.2) is 6.54 Å². The Morgan fingerprint density at radius 3 is 1.60 bits per heavy atom. The molecular weight excluding hydrogens is 184 g/mol. The Hall–Kier alpha value is -0.980. The van der Waals surface area contributed by atoms with E-state index in [0.717, 1.165) is 11.1 Å². The van der Waals surface area contributed by atoms with Gasteiger partial charge in [-0.05, 0) is 22.0 Å². The van der Waals surface area contributed by atoms with E-state index in [0.29, 0.717) is 5.75 Å². The van der Waals surface area contributed by atoms with Gasteiger partial charge in [0.1, 0.15) is 5.75 Å². The normalized spacial score (nSPS) is 13.6. The van der Waals surface area contributed by atoms with E-state index in [1.54, 1.807) is 0 Å². The summed E-state index contributed by atoms with van der Waals surface area (Å²) in [5, 5.41) is 4.88. The van der Waals surface area contributed by atoms with Crippen LogP contribution in [0.5, 0.6) is 5.75 Å². The van der Waals surface area contributed by atoms with Gasteiger partial charge in [-0.2, -0.15) is 0 Å². The first-order valence-electron chi connectivity index (χ1n) is 5.86. The van der Waals surface area contributed by atoms with Gasteiger partial charge in [0.25, 0.3) is 1.43 Å². The average molecular weight is 207 g/mol. The second kappa shape index (κ2) is 3.55. The maximum absolute atomic E-state index is 7.29. The first-order valence-corrected chi connectivity index (χ1v) is 5.45. The third-order valence-corrected chi connectivity index (χ3v) is 2.63. The summed E-state index contributed by atoms with van der Waals surface area (Å²) < 4.78 is 7.29. The van der Waals surface area contributed by atoms with Crippen molar-refractivity contribution in [2.24, 2.45) is 0 Å². The SMILES string of the molecule is [2H]Oc1c(C(C)(C)C)cccc1C(C)(C)C. The molecule has 84 valence electrons. The molecular formula is C14H22O. The van der Waals surface area contributed by atoms with E-state index in [-0.39, 0.29) is 10.8 Å². The lowest BCUT2D eigenvalue weighted by molar-refractivity contribution is 0.423. The molecule has 0 saturated carbocycles. The third kappa shape index (κ3) is 2.53. The molecule has 0 aliphatic rings. The van der Waals surface area contributed by atoms with Gasteiger partial charge in [-0.15, -0.1) is 0 Å². The summed E-state index contributed by atoms with van der Waals surface area (Å²) in [5.41, 5.74) is 2.18. The molecule has 1 nitrogen and oxygen atoms in total. The fourth-order valence-electron chi connectivity index (χ4n) is 1.72. The maximum atomic E-state index is 7.29. The topological polar surface area (TPSA) is 20.2 Å². The molecule has 1 heteroatoms. The summed E-state index contributed by atoms with van der Waals surface area (Å²) in [5.74, 6) is 0.711. The van der Waals surface area contributed by atoms with Gasteiger partial charge >= 0.3 is 0 Å². The monoisotopic (exact) mass is 207 g/mol. The van der Waals surface area contributed by atoms with E-state index in [1.165, 1.54) is 0 Å². The molecule has 1 rings (SSSR count). The number of benzene rings is 1. The van der Waals surface area contributed by atoms with Crippen molar-refractivity contribution >= 4 is 0 Å². The van der Waals surface area contributed by atoms with Crippen molar-refractivity contribution in [1.29, 1.82) is 1.43 Å². The second-order valence-electron chi connectivity index (χ2n) is 6.18. The highest BCUT2D eigenvalue weighted by atomic mass is 16.3. The molecule has 0 heterocycles. The van der Waals surface area contributed by atoms with Crippen LogP contribution in [-0.2, 0) is 10.8 Å². The molecule has 0 aliphatic heterocycles. The standard InChI is InChI=1S/C14H22O/c1-13(2,3)10-8-7-9-11(12(10)15)14(4,5)6/h7-9,15H,1-6H3/i/hD. The fraction of sp³-hybridized carbons (Fsp3) is 0.571. The second-order valence-corrected chi connectivity index (χ2v) is 6.18. The first kappa shape index (κ1) is 10.5. The maximum Gasteiger partial charge on any atom is 0.293 e. The number of hydrogen-bond donors (Lipinski definition) is 1. The van der Waals surface area contributed by atoms with Gasteiger partial charge in [-0.3, -0.25) is 0 Å². The predicted octanol–water partition coefficient (Wildman–Crippen LogP) is 3.99. The van der Waals surface area contributed by atoms with Gasteiger partial charge < -0.3 is 5.11 Å². The van der Waals surface area contributed by atoms with E-state index in [9.17, 15) is 0 Å². The van der Waals surface area contributed by atoms with Crippen molar-refractivity contribution < 1.29 is 5.11 Å². The van der Waals surface area contributed by atoms with E-state index in [2.05, 4.69) is 41.5 Å². The zero-order chi connectivity index (χ0) is 12.6. The van der Waals surface area contributed by atoms with E-state index in [4.69, 9.17) is 6.54 Å². The Morgan fingerprint density at radius 1 is 0.933 bits per heavy atom. The van der Waals surface area contributed by atoms with Crippen LogP contribution in [0.15, 0.2) is 18.2 Å². The predicted molar refractivity (Wildman–Crippen MR) is 65.5 cm³/mol. The van der Waals surface area contributed by atoms with E-state index >= 15 is 0 Å². The fourth-order valence-corrected chi connectivity index (χ4v) is 1.72. The van der Waals surface area contributed by atoms with Crippen LogP contribution >= 0.6 is 0 Å². The van der Waals surface area contributed by atoms with Crippen molar-refractivity contribution in [1.82, 2.24) is 0 Å². The van der Waals surface area contributed by atoms with Crippen molar-refractivity contribution in [3.05, 3.63) is 29.3 Å². The molecule has 0 fully saturated rings. The van der Waals surface area contributed by atoms with Crippen LogP contribution in [0.25, 0.3) is 0 Å². The summed E-state index contributed by atoms with van der Waals surface area (Å²) in [6.07, 6.45) is 0. The van der Waals surface area contributed by atoms with Gasteiger partial charge in [-0.1, -0.05) is 59.7 Å². The molecule has 0 bridgehead atoms. The summed E-state index contributed by atoms with van der Waals surface area (Å²) >= 11 is 0. The molecule has 1 N–H and O–H groups in total. The first-order chi connectivity index (χ1) is 7.18. The Bertz CT molecular complexity index is 337. The van der Waals surface area contributed by atoms with Gasteiger partial charge in [-0.25, -0.2) is 0 Å². The highest BCUT2D eigenvalue weighted by molar-refractivity contribution is 5.46.